The highest BCUT2D eigenvalue weighted by atomic mass is 19.4. The van der Waals surface area contributed by atoms with Crippen LogP contribution in [0.3, 0.4) is 0 Å². The summed E-state index contributed by atoms with van der Waals surface area (Å²) in [5.74, 6) is 0. The van der Waals surface area contributed by atoms with Gasteiger partial charge in [0.2, 0.25) is 6.41 Å². The third-order valence-corrected chi connectivity index (χ3v) is 1.68. The van der Waals surface area contributed by atoms with Gasteiger partial charge in [0, 0.05) is 0 Å². The molecule has 6 heteroatoms. The van der Waals surface area contributed by atoms with E-state index >= 15 is 0 Å². The lowest BCUT2D eigenvalue weighted by Gasteiger charge is -2.09. The normalized spacial score (nSPS) is 10.5. The van der Waals surface area contributed by atoms with Crippen LogP contribution in [-0.2, 0) is 11.0 Å². The van der Waals surface area contributed by atoms with Gasteiger partial charge in [0.25, 0.3) is 0 Å². The molecular formula is C9H5F3N2O. The molecule has 1 rings (SSSR count). The third-order valence-electron chi connectivity index (χ3n) is 1.68. The molecule has 0 unspecified atom stereocenters. The van der Waals surface area contributed by atoms with E-state index in [1.807, 2.05) is 5.32 Å². The molecule has 0 aliphatic rings. The molecule has 3 nitrogen and oxygen atoms in total. The number of nitriles is 1. The molecule has 78 valence electrons. The fraction of sp³-hybridized carbons (Fsp3) is 0.111. The summed E-state index contributed by atoms with van der Waals surface area (Å²) in [6, 6.07) is 4.18. The van der Waals surface area contributed by atoms with Crippen molar-refractivity contribution in [1.82, 2.24) is 0 Å². The Balaban J connectivity index is 3.23. The number of carbonyl (C=O) groups excluding carboxylic acids is 1. The maximum absolute atomic E-state index is 12.2. The van der Waals surface area contributed by atoms with Crippen molar-refractivity contribution >= 4 is 12.1 Å². The molecule has 0 bridgehead atoms. The maximum atomic E-state index is 12.2. The van der Waals surface area contributed by atoms with Crippen molar-refractivity contribution in [2.75, 3.05) is 5.32 Å². The van der Waals surface area contributed by atoms with Crippen molar-refractivity contribution in [3.63, 3.8) is 0 Å². The Kier molecular flexibility index (Phi) is 2.95. The minimum atomic E-state index is -4.49. The number of benzene rings is 1. The van der Waals surface area contributed by atoms with Crippen LogP contribution >= 0.6 is 0 Å². The Morgan fingerprint density at radius 1 is 1.40 bits per heavy atom. The van der Waals surface area contributed by atoms with Crippen LogP contribution in [0.2, 0.25) is 0 Å². The molecule has 0 spiro atoms. The summed E-state index contributed by atoms with van der Waals surface area (Å²) in [6.07, 6.45) is -4.27. The van der Waals surface area contributed by atoms with Gasteiger partial charge < -0.3 is 5.32 Å². The van der Waals surface area contributed by atoms with Crippen molar-refractivity contribution < 1.29 is 18.0 Å². The monoisotopic (exact) mass is 214 g/mol. The van der Waals surface area contributed by atoms with Gasteiger partial charge in [-0.2, -0.15) is 18.4 Å². The number of anilines is 1. The van der Waals surface area contributed by atoms with Gasteiger partial charge >= 0.3 is 6.18 Å². The predicted octanol–water partition coefficient (Wildman–Crippen LogP) is 2.15. The minimum Gasteiger partial charge on any atom is -0.328 e. The quantitative estimate of drug-likeness (QED) is 0.767. The summed E-state index contributed by atoms with van der Waals surface area (Å²) in [5, 5.41) is 10.6. The molecule has 1 aromatic carbocycles. The van der Waals surface area contributed by atoms with E-state index in [0.29, 0.717) is 6.07 Å². The average molecular weight is 214 g/mol. The lowest BCUT2D eigenvalue weighted by molar-refractivity contribution is -0.137. The van der Waals surface area contributed by atoms with E-state index < -0.39 is 11.7 Å². The standard InChI is InChI=1S/C9H5F3N2O/c10-9(11,12)7-2-1-6(4-13)8(3-7)14-5-15/h1-3,5H,(H,14,15). The molecule has 0 saturated carbocycles. The van der Waals surface area contributed by atoms with Crippen LogP contribution in [0, 0.1) is 11.3 Å². The van der Waals surface area contributed by atoms with Crippen LogP contribution in [0.5, 0.6) is 0 Å². The van der Waals surface area contributed by atoms with E-state index in [1.54, 1.807) is 6.07 Å². The van der Waals surface area contributed by atoms with Crippen molar-refractivity contribution in [3.8, 4) is 6.07 Å². The number of nitrogens with one attached hydrogen (secondary N) is 1. The number of nitrogens with zero attached hydrogens (tertiary/aromatic N) is 1. The van der Waals surface area contributed by atoms with Gasteiger partial charge in [-0.25, -0.2) is 0 Å². The fourth-order valence-electron chi connectivity index (χ4n) is 1.00. The van der Waals surface area contributed by atoms with Crippen LogP contribution in [0.25, 0.3) is 0 Å². The second-order valence-corrected chi connectivity index (χ2v) is 2.63. The van der Waals surface area contributed by atoms with E-state index in [1.165, 1.54) is 0 Å². The Hall–Kier alpha value is -2.03. The molecule has 0 aliphatic heterocycles. The van der Waals surface area contributed by atoms with Crippen LogP contribution in [0.15, 0.2) is 18.2 Å². The topological polar surface area (TPSA) is 52.9 Å². The summed E-state index contributed by atoms with van der Waals surface area (Å²) < 4.78 is 36.7. The molecule has 1 aromatic rings. The largest absolute Gasteiger partial charge is 0.416 e. The first kappa shape index (κ1) is 11.0. The third kappa shape index (κ3) is 2.47. The van der Waals surface area contributed by atoms with E-state index in [9.17, 15) is 18.0 Å². The fourth-order valence-corrected chi connectivity index (χ4v) is 1.00. The molecule has 0 aliphatic carbocycles. The Morgan fingerprint density at radius 3 is 2.53 bits per heavy atom. The SMILES string of the molecule is N#Cc1ccc(C(F)(F)F)cc1NC=O. The molecule has 0 aromatic heterocycles. The zero-order valence-electron chi connectivity index (χ0n) is 7.30. The van der Waals surface area contributed by atoms with Crippen molar-refractivity contribution in [1.29, 1.82) is 5.26 Å². The molecule has 0 fully saturated rings. The highest BCUT2D eigenvalue weighted by Gasteiger charge is 2.30. The van der Waals surface area contributed by atoms with E-state index in [-0.39, 0.29) is 17.7 Å². The Labute approximate surface area is 83.1 Å². The molecular weight excluding hydrogens is 209 g/mol. The van der Waals surface area contributed by atoms with Gasteiger partial charge in [0.05, 0.1) is 16.8 Å². The van der Waals surface area contributed by atoms with Crippen LogP contribution < -0.4 is 5.32 Å². The zero-order valence-corrected chi connectivity index (χ0v) is 7.30. The first-order valence-electron chi connectivity index (χ1n) is 3.80. The molecule has 0 heterocycles. The van der Waals surface area contributed by atoms with Gasteiger partial charge in [-0.1, -0.05) is 0 Å². The first-order chi connectivity index (χ1) is 6.99. The number of rotatable bonds is 2. The highest BCUT2D eigenvalue weighted by Crippen LogP contribution is 2.31. The maximum Gasteiger partial charge on any atom is 0.416 e. The van der Waals surface area contributed by atoms with E-state index in [0.717, 1.165) is 12.1 Å². The number of hydrogen-bond donors (Lipinski definition) is 1. The number of halogens is 3. The number of carbonyl (C=O) groups is 1. The summed E-state index contributed by atoms with van der Waals surface area (Å²) in [7, 11) is 0. The van der Waals surface area contributed by atoms with Crippen LogP contribution in [-0.4, -0.2) is 6.41 Å². The van der Waals surface area contributed by atoms with Crippen LogP contribution in [0.4, 0.5) is 18.9 Å². The summed E-state index contributed by atoms with van der Waals surface area (Å²) >= 11 is 0. The zero-order chi connectivity index (χ0) is 11.5. The predicted molar refractivity (Wildman–Crippen MR) is 45.8 cm³/mol. The summed E-state index contributed by atoms with van der Waals surface area (Å²) in [5.41, 5.74) is -1.08. The minimum absolute atomic E-state index is 0.0184. The van der Waals surface area contributed by atoms with E-state index in [4.69, 9.17) is 5.26 Å². The van der Waals surface area contributed by atoms with Crippen LogP contribution in [0.1, 0.15) is 11.1 Å². The van der Waals surface area contributed by atoms with Gasteiger partial charge in [-0.3, -0.25) is 4.79 Å². The molecule has 15 heavy (non-hydrogen) atoms. The summed E-state index contributed by atoms with van der Waals surface area (Å²) in [4.78, 5) is 10.1. The molecule has 0 atom stereocenters. The molecule has 1 N–H and O–H groups in total. The number of hydrogen-bond acceptors (Lipinski definition) is 2. The second kappa shape index (κ2) is 4.00. The highest BCUT2D eigenvalue weighted by molar-refractivity contribution is 5.75. The first-order valence-corrected chi connectivity index (χ1v) is 3.80. The van der Waals surface area contributed by atoms with Gasteiger partial charge in [-0.15, -0.1) is 0 Å². The molecule has 0 radical (unpaired) electrons. The van der Waals surface area contributed by atoms with Crippen molar-refractivity contribution in [3.05, 3.63) is 29.3 Å². The number of amides is 1. The van der Waals surface area contributed by atoms with E-state index in [2.05, 4.69) is 0 Å². The lowest BCUT2D eigenvalue weighted by Crippen LogP contribution is -2.07. The lowest BCUT2D eigenvalue weighted by atomic mass is 10.1. The molecule has 1 amide bonds. The van der Waals surface area contributed by atoms with Gasteiger partial charge in [0.1, 0.15) is 6.07 Å². The number of alkyl halides is 3. The van der Waals surface area contributed by atoms with Crippen molar-refractivity contribution in [2.45, 2.75) is 6.18 Å². The van der Waals surface area contributed by atoms with Crippen molar-refractivity contribution in [2.24, 2.45) is 0 Å². The second-order valence-electron chi connectivity index (χ2n) is 2.63. The Morgan fingerprint density at radius 2 is 2.07 bits per heavy atom. The van der Waals surface area contributed by atoms with Gasteiger partial charge in [0.15, 0.2) is 0 Å². The smallest absolute Gasteiger partial charge is 0.328 e. The average Bonchev–Trinajstić information content (AvgIpc) is 2.17. The molecule has 0 saturated heterocycles. The van der Waals surface area contributed by atoms with Gasteiger partial charge in [-0.05, 0) is 18.2 Å². The Bertz CT molecular complexity index is 420. The summed E-state index contributed by atoms with van der Waals surface area (Å²) in [6.45, 7) is 0.